The summed E-state index contributed by atoms with van der Waals surface area (Å²) in [7, 11) is 0. The molecule has 106 valence electrons. The molecule has 1 aromatic carbocycles. The van der Waals surface area contributed by atoms with Crippen molar-refractivity contribution in [3.63, 3.8) is 0 Å². The second-order valence-corrected chi connectivity index (χ2v) is 5.29. The van der Waals surface area contributed by atoms with E-state index in [-0.39, 0.29) is 5.56 Å². The number of hydrogen-bond acceptors (Lipinski definition) is 3. The van der Waals surface area contributed by atoms with E-state index in [1.165, 1.54) is 24.3 Å². The first-order valence-corrected chi connectivity index (χ1v) is 5.79. The zero-order valence-electron chi connectivity index (χ0n) is 11.1. The summed E-state index contributed by atoms with van der Waals surface area (Å²) in [4.78, 5) is 0. The molecule has 1 unspecified atom stereocenters. The van der Waals surface area contributed by atoms with Crippen LogP contribution in [0.15, 0.2) is 40.6 Å². The summed E-state index contributed by atoms with van der Waals surface area (Å²) in [5.74, 6) is 0. The highest BCUT2D eigenvalue weighted by Gasteiger charge is 2.55. The van der Waals surface area contributed by atoms with Crippen LogP contribution in [0.4, 0.5) is 13.2 Å². The molecule has 0 saturated carbocycles. The van der Waals surface area contributed by atoms with Gasteiger partial charge in [-0.2, -0.15) is 23.4 Å². The minimum absolute atomic E-state index is 0.240. The zero-order chi connectivity index (χ0) is 14.7. The Kier molecular flexibility index (Phi) is 4.35. The number of hydrogen-bond donors (Lipinski definition) is 1. The first-order chi connectivity index (χ1) is 8.56. The number of nitrogens with zero attached hydrogens (tertiary/aromatic N) is 2. The maximum Gasteiger partial charge on any atom is 0.423 e. The van der Waals surface area contributed by atoms with Crippen molar-refractivity contribution in [1.82, 2.24) is 0 Å². The van der Waals surface area contributed by atoms with Gasteiger partial charge in [-0.3, -0.25) is 0 Å². The first-order valence-electron chi connectivity index (χ1n) is 5.79. The van der Waals surface area contributed by atoms with Gasteiger partial charge in [-0.1, -0.05) is 30.3 Å². The summed E-state index contributed by atoms with van der Waals surface area (Å²) >= 11 is 0. The maximum absolute atomic E-state index is 13.1. The van der Waals surface area contributed by atoms with Crippen LogP contribution < -0.4 is 0 Å². The maximum atomic E-state index is 13.1. The molecule has 0 aliphatic carbocycles. The van der Waals surface area contributed by atoms with Crippen molar-refractivity contribution in [1.29, 1.82) is 0 Å². The highest BCUT2D eigenvalue weighted by Crippen LogP contribution is 2.39. The average molecular weight is 274 g/mol. The molecule has 0 aromatic heterocycles. The Morgan fingerprint density at radius 3 is 2.00 bits per heavy atom. The van der Waals surface area contributed by atoms with Crippen molar-refractivity contribution < 1.29 is 18.3 Å². The van der Waals surface area contributed by atoms with Crippen LogP contribution in [0, 0.1) is 0 Å². The Labute approximate surface area is 110 Å². The number of azo groups is 1. The lowest BCUT2D eigenvalue weighted by molar-refractivity contribution is -0.262. The van der Waals surface area contributed by atoms with E-state index in [2.05, 4.69) is 10.2 Å². The van der Waals surface area contributed by atoms with Crippen molar-refractivity contribution in [2.75, 3.05) is 6.54 Å². The minimum Gasteiger partial charge on any atom is -0.375 e. The topological polar surface area (TPSA) is 45.0 Å². The van der Waals surface area contributed by atoms with Gasteiger partial charge >= 0.3 is 6.18 Å². The molecule has 0 heterocycles. The molecule has 0 amide bonds. The zero-order valence-corrected chi connectivity index (χ0v) is 11.1. The summed E-state index contributed by atoms with van der Waals surface area (Å²) in [6, 6.07) is 6.90. The van der Waals surface area contributed by atoms with Gasteiger partial charge in [-0.25, -0.2) is 0 Å². The van der Waals surface area contributed by atoms with Crippen LogP contribution >= 0.6 is 0 Å². The van der Waals surface area contributed by atoms with E-state index < -0.39 is 23.9 Å². The van der Waals surface area contributed by atoms with Gasteiger partial charge in [0.15, 0.2) is 0 Å². The third kappa shape index (κ3) is 4.02. The van der Waals surface area contributed by atoms with Gasteiger partial charge in [0.25, 0.3) is 0 Å². The van der Waals surface area contributed by atoms with Gasteiger partial charge in [-0.05, 0) is 26.3 Å². The molecule has 6 heteroatoms. The molecule has 0 fully saturated rings. The van der Waals surface area contributed by atoms with E-state index in [4.69, 9.17) is 0 Å². The van der Waals surface area contributed by atoms with Crippen LogP contribution in [-0.2, 0) is 5.60 Å². The van der Waals surface area contributed by atoms with Gasteiger partial charge in [0.2, 0.25) is 5.60 Å². The summed E-state index contributed by atoms with van der Waals surface area (Å²) in [5.41, 5.74) is -3.83. The SMILES string of the molecule is CC(C)(C)N=NCC(O)(c1ccccc1)C(F)(F)F. The van der Waals surface area contributed by atoms with Crippen LogP contribution in [-0.4, -0.2) is 23.4 Å². The van der Waals surface area contributed by atoms with Crippen LogP contribution in [0.2, 0.25) is 0 Å². The second kappa shape index (κ2) is 5.28. The van der Waals surface area contributed by atoms with Gasteiger partial charge in [0.1, 0.15) is 6.54 Å². The fraction of sp³-hybridized carbons (Fsp3) is 0.538. The number of rotatable bonds is 3. The number of halogens is 3. The molecule has 1 atom stereocenters. The molecule has 1 rings (SSSR count). The van der Waals surface area contributed by atoms with E-state index in [9.17, 15) is 18.3 Å². The largest absolute Gasteiger partial charge is 0.423 e. The Hall–Kier alpha value is -1.43. The normalized spacial score (nSPS) is 16.6. The molecule has 0 aliphatic rings. The molecule has 0 spiro atoms. The van der Waals surface area contributed by atoms with Gasteiger partial charge in [-0.15, -0.1) is 0 Å². The van der Waals surface area contributed by atoms with E-state index in [1.54, 1.807) is 26.8 Å². The molecule has 0 saturated heterocycles. The van der Waals surface area contributed by atoms with E-state index in [0.29, 0.717) is 0 Å². The predicted octanol–water partition coefficient (Wildman–Crippen LogP) is 3.69. The van der Waals surface area contributed by atoms with Crippen molar-refractivity contribution in [3.8, 4) is 0 Å². The van der Waals surface area contributed by atoms with E-state index in [0.717, 1.165) is 0 Å². The van der Waals surface area contributed by atoms with E-state index >= 15 is 0 Å². The smallest absolute Gasteiger partial charge is 0.375 e. The second-order valence-electron chi connectivity index (χ2n) is 5.29. The van der Waals surface area contributed by atoms with Crippen molar-refractivity contribution in [3.05, 3.63) is 35.9 Å². The minimum atomic E-state index is -4.81. The van der Waals surface area contributed by atoms with Crippen LogP contribution in [0.1, 0.15) is 26.3 Å². The lowest BCUT2D eigenvalue weighted by Gasteiger charge is -2.29. The Bertz CT molecular complexity index is 437. The van der Waals surface area contributed by atoms with E-state index in [1.807, 2.05) is 0 Å². The fourth-order valence-corrected chi connectivity index (χ4v) is 1.41. The molecule has 1 N–H and O–H groups in total. The summed E-state index contributed by atoms with van der Waals surface area (Å²) < 4.78 is 39.2. The van der Waals surface area contributed by atoms with Gasteiger partial charge in [0.05, 0.1) is 5.54 Å². The number of alkyl halides is 3. The highest BCUT2D eigenvalue weighted by molar-refractivity contribution is 5.24. The van der Waals surface area contributed by atoms with Gasteiger partial charge in [0, 0.05) is 0 Å². The monoisotopic (exact) mass is 274 g/mol. The van der Waals surface area contributed by atoms with Crippen LogP contribution in [0.25, 0.3) is 0 Å². The molecule has 19 heavy (non-hydrogen) atoms. The summed E-state index contributed by atoms with van der Waals surface area (Å²) in [6.45, 7) is 4.29. The molecular formula is C13H17F3N2O. The molecule has 3 nitrogen and oxygen atoms in total. The number of benzene rings is 1. The van der Waals surface area contributed by atoms with Crippen LogP contribution in [0.3, 0.4) is 0 Å². The highest BCUT2D eigenvalue weighted by atomic mass is 19.4. The lowest BCUT2D eigenvalue weighted by Crippen LogP contribution is -2.45. The fourth-order valence-electron chi connectivity index (χ4n) is 1.41. The molecular weight excluding hydrogens is 257 g/mol. The average Bonchev–Trinajstić information content (AvgIpc) is 2.26. The van der Waals surface area contributed by atoms with Crippen molar-refractivity contribution >= 4 is 0 Å². The summed E-state index contributed by atoms with van der Waals surface area (Å²) in [5, 5.41) is 17.2. The molecule has 0 radical (unpaired) electrons. The standard InChI is InChI=1S/C13H17F3N2O/c1-11(2,3)18-17-9-12(19,13(14,15)16)10-7-5-4-6-8-10/h4-8,19H,9H2,1-3H3. The van der Waals surface area contributed by atoms with Gasteiger partial charge < -0.3 is 5.11 Å². The molecule has 1 aromatic rings. The molecule has 0 bridgehead atoms. The Morgan fingerprint density at radius 1 is 1.05 bits per heavy atom. The Morgan fingerprint density at radius 2 is 1.58 bits per heavy atom. The van der Waals surface area contributed by atoms with Crippen LogP contribution in [0.5, 0.6) is 0 Å². The third-order valence-electron chi connectivity index (χ3n) is 2.39. The van der Waals surface area contributed by atoms with Crippen molar-refractivity contribution in [2.45, 2.75) is 38.1 Å². The summed E-state index contributed by atoms with van der Waals surface area (Å²) in [6.07, 6.45) is -4.81. The first kappa shape index (κ1) is 15.6. The lowest BCUT2D eigenvalue weighted by atomic mass is 9.93. The van der Waals surface area contributed by atoms with Crippen molar-refractivity contribution in [2.24, 2.45) is 10.2 Å². The predicted molar refractivity (Wildman–Crippen MR) is 65.9 cm³/mol. The third-order valence-corrected chi connectivity index (χ3v) is 2.39. The number of aliphatic hydroxyl groups is 1. The molecule has 0 aliphatic heterocycles. The quantitative estimate of drug-likeness (QED) is 0.839. The Balaban J connectivity index is 3.06.